The minimum atomic E-state index is -3.57. The SMILES string of the molecule is Cl.NC1(c2noc(-c3cccc(S(=O)(=O)N4CCOCC4)c3)n2)CCCC1. The molecule has 0 atom stereocenters. The minimum absolute atomic E-state index is 0. The van der Waals surface area contributed by atoms with E-state index in [0.717, 1.165) is 25.7 Å². The van der Waals surface area contributed by atoms with Gasteiger partial charge in [0.2, 0.25) is 10.0 Å². The largest absolute Gasteiger partial charge is 0.379 e. The van der Waals surface area contributed by atoms with Crippen LogP contribution in [-0.4, -0.2) is 49.2 Å². The van der Waals surface area contributed by atoms with Crippen LogP contribution in [0, 0.1) is 0 Å². The first-order valence-electron chi connectivity index (χ1n) is 8.80. The van der Waals surface area contributed by atoms with Gasteiger partial charge in [-0.1, -0.05) is 24.1 Å². The summed E-state index contributed by atoms with van der Waals surface area (Å²) < 4.78 is 37.7. The maximum atomic E-state index is 12.8. The number of hydrogen-bond acceptors (Lipinski definition) is 7. The number of aromatic nitrogens is 2. The number of benzene rings is 1. The second-order valence-corrected chi connectivity index (χ2v) is 8.77. The number of nitrogens with two attached hydrogens (primary N) is 1. The van der Waals surface area contributed by atoms with Crippen molar-refractivity contribution in [2.45, 2.75) is 36.1 Å². The predicted molar refractivity (Wildman–Crippen MR) is 101 cm³/mol. The van der Waals surface area contributed by atoms with E-state index < -0.39 is 15.6 Å². The molecule has 1 saturated heterocycles. The Balaban J connectivity index is 0.00000210. The zero-order valence-corrected chi connectivity index (χ0v) is 16.5. The molecular formula is C17H23ClN4O4S. The number of ether oxygens (including phenoxy) is 1. The van der Waals surface area contributed by atoms with Crippen LogP contribution >= 0.6 is 12.4 Å². The molecule has 1 aliphatic heterocycles. The van der Waals surface area contributed by atoms with Crippen molar-refractivity contribution in [1.29, 1.82) is 0 Å². The van der Waals surface area contributed by atoms with E-state index in [1.54, 1.807) is 24.3 Å². The Labute approximate surface area is 164 Å². The standard InChI is InChI=1S/C17H22N4O4S.ClH/c18-17(6-1-2-7-17)16-19-15(25-20-16)13-4-3-5-14(12-13)26(22,23)21-8-10-24-11-9-21;/h3-5,12H,1-2,6-11,18H2;1H. The Kier molecular flexibility index (Phi) is 5.87. The molecule has 0 bridgehead atoms. The van der Waals surface area contributed by atoms with Gasteiger partial charge in [-0.2, -0.15) is 9.29 Å². The highest BCUT2D eigenvalue weighted by atomic mass is 35.5. The quantitative estimate of drug-likeness (QED) is 0.813. The Bertz CT molecular complexity index is 890. The normalized spacial score (nSPS) is 20.3. The van der Waals surface area contributed by atoms with Gasteiger partial charge in [0, 0.05) is 18.7 Å². The fraction of sp³-hybridized carbons (Fsp3) is 0.529. The van der Waals surface area contributed by atoms with Crippen molar-refractivity contribution in [2.24, 2.45) is 5.73 Å². The third kappa shape index (κ3) is 3.88. The van der Waals surface area contributed by atoms with Crippen molar-refractivity contribution in [2.75, 3.05) is 26.3 Å². The number of sulfonamides is 1. The van der Waals surface area contributed by atoms with Crippen LogP contribution in [0.5, 0.6) is 0 Å². The van der Waals surface area contributed by atoms with Crippen LogP contribution in [0.15, 0.2) is 33.7 Å². The summed E-state index contributed by atoms with van der Waals surface area (Å²) in [6.45, 7) is 1.52. The lowest BCUT2D eigenvalue weighted by atomic mass is 9.99. The second kappa shape index (κ2) is 7.84. The highest BCUT2D eigenvalue weighted by Crippen LogP contribution is 2.35. The third-order valence-corrected chi connectivity index (χ3v) is 6.95. The molecule has 8 nitrogen and oxygen atoms in total. The highest BCUT2D eigenvalue weighted by Gasteiger charge is 2.36. The van der Waals surface area contributed by atoms with E-state index >= 15 is 0 Å². The zero-order chi connectivity index (χ0) is 18.2. The number of morpholine rings is 1. The molecule has 1 aromatic heterocycles. The fourth-order valence-corrected chi connectivity index (χ4v) is 4.95. The van der Waals surface area contributed by atoms with Crippen LogP contribution in [0.2, 0.25) is 0 Å². The first-order valence-corrected chi connectivity index (χ1v) is 10.2. The molecule has 2 N–H and O–H groups in total. The van der Waals surface area contributed by atoms with Gasteiger partial charge in [-0.3, -0.25) is 0 Å². The Hall–Kier alpha value is -1.52. The van der Waals surface area contributed by atoms with Crippen molar-refractivity contribution in [3.63, 3.8) is 0 Å². The molecule has 2 aliphatic rings. The smallest absolute Gasteiger partial charge is 0.258 e. The minimum Gasteiger partial charge on any atom is -0.379 e. The lowest BCUT2D eigenvalue weighted by Gasteiger charge is -2.26. The molecule has 2 heterocycles. The van der Waals surface area contributed by atoms with E-state index in [4.69, 9.17) is 15.0 Å². The van der Waals surface area contributed by atoms with Crippen LogP contribution < -0.4 is 5.73 Å². The van der Waals surface area contributed by atoms with Gasteiger partial charge in [0.25, 0.3) is 5.89 Å². The van der Waals surface area contributed by atoms with E-state index in [-0.39, 0.29) is 23.2 Å². The number of halogens is 1. The summed E-state index contributed by atoms with van der Waals surface area (Å²) in [4.78, 5) is 4.65. The Morgan fingerprint density at radius 1 is 1.15 bits per heavy atom. The summed E-state index contributed by atoms with van der Waals surface area (Å²) in [5.41, 5.74) is 6.40. The van der Waals surface area contributed by atoms with E-state index in [1.807, 2.05) is 0 Å². The van der Waals surface area contributed by atoms with Crippen molar-refractivity contribution in [3.8, 4) is 11.5 Å². The molecule has 0 radical (unpaired) electrons. The molecule has 0 unspecified atom stereocenters. The lowest BCUT2D eigenvalue weighted by molar-refractivity contribution is 0.0730. The van der Waals surface area contributed by atoms with Gasteiger partial charge in [0.1, 0.15) is 0 Å². The lowest BCUT2D eigenvalue weighted by Crippen LogP contribution is -2.40. The van der Waals surface area contributed by atoms with Crippen molar-refractivity contribution < 1.29 is 17.7 Å². The molecule has 2 fully saturated rings. The van der Waals surface area contributed by atoms with Crippen molar-refractivity contribution in [3.05, 3.63) is 30.1 Å². The summed E-state index contributed by atoms with van der Waals surface area (Å²) in [6, 6.07) is 6.58. The van der Waals surface area contributed by atoms with Gasteiger partial charge in [0.05, 0.1) is 23.6 Å². The maximum absolute atomic E-state index is 12.8. The molecule has 1 aromatic carbocycles. The van der Waals surface area contributed by atoms with Crippen LogP contribution in [0.3, 0.4) is 0 Å². The van der Waals surface area contributed by atoms with Crippen LogP contribution in [0.4, 0.5) is 0 Å². The highest BCUT2D eigenvalue weighted by molar-refractivity contribution is 7.89. The molecular weight excluding hydrogens is 392 g/mol. The number of nitrogens with zero attached hydrogens (tertiary/aromatic N) is 3. The molecule has 27 heavy (non-hydrogen) atoms. The van der Waals surface area contributed by atoms with Gasteiger partial charge in [0.15, 0.2) is 5.82 Å². The molecule has 10 heteroatoms. The van der Waals surface area contributed by atoms with Crippen LogP contribution in [0.1, 0.15) is 31.5 Å². The van der Waals surface area contributed by atoms with E-state index in [9.17, 15) is 8.42 Å². The Morgan fingerprint density at radius 3 is 2.56 bits per heavy atom. The first kappa shape index (κ1) is 20.2. The van der Waals surface area contributed by atoms with Crippen molar-refractivity contribution in [1.82, 2.24) is 14.4 Å². The van der Waals surface area contributed by atoms with E-state index in [2.05, 4.69) is 10.1 Å². The third-order valence-electron chi connectivity index (χ3n) is 5.06. The van der Waals surface area contributed by atoms with Crippen LogP contribution in [-0.2, 0) is 20.3 Å². The van der Waals surface area contributed by atoms with Crippen molar-refractivity contribution >= 4 is 22.4 Å². The van der Waals surface area contributed by atoms with Gasteiger partial charge >= 0.3 is 0 Å². The molecule has 0 amide bonds. The summed E-state index contributed by atoms with van der Waals surface area (Å²) in [6.07, 6.45) is 3.76. The molecule has 1 aliphatic carbocycles. The van der Waals surface area contributed by atoms with E-state index in [1.165, 1.54) is 4.31 Å². The van der Waals surface area contributed by atoms with Gasteiger partial charge in [-0.15, -0.1) is 12.4 Å². The summed E-state index contributed by atoms with van der Waals surface area (Å²) >= 11 is 0. The monoisotopic (exact) mass is 414 g/mol. The molecule has 0 spiro atoms. The summed E-state index contributed by atoms with van der Waals surface area (Å²) in [7, 11) is -3.57. The molecule has 1 saturated carbocycles. The molecule has 148 valence electrons. The summed E-state index contributed by atoms with van der Waals surface area (Å²) in [5, 5.41) is 4.04. The zero-order valence-electron chi connectivity index (χ0n) is 14.8. The first-order chi connectivity index (χ1) is 12.5. The maximum Gasteiger partial charge on any atom is 0.258 e. The van der Waals surface area contributed by atoms with Crippen LogP contribution in [0.25, 0.3) is 11.5 Å². The second-order valence-electron chi connectivity index (χ2n) is 6.83. The van der Waals surface area contributed by atoms with Gasteiger partial charge in [-0.05, 0) is 31.0 Å². The number of rotatable bonds is 4. The predicted octanol–water partition coefficient (Wildman–Crippen LogP) is 1.91. The summed E-state index contributed by atoms with van der Waals surface area (Å²) in [5.74, 6) is 0.780. The number of hydrogen-bond donors (Lipinski definition) is 1. The Morgan fingerprint density at radius 2 is 1.85 bits per heavy atom. The van der Waals surface area contributed by atoms with Gasteiger partial charge < -0.3 is 15.0 Å². The van der Waals surface area contributed by atoms with E-state index in [0.29, 0.717) is 37.7 Å². The molecule has 2 aromatic rings. The van der Waals surface area contributed by atoms with Gasteiger partial charge in [-0.25, -0.2) is 8.42 Å². The average molecular weight is 415 g/mol. The fourth-order valence-electron chi connectivity index (χ4n) is 3.50. The average Bonchev–Trinajstić information content (AvgIpc) is 3.33. The molecule has 4 rings (SSSR count). The topological polar surface area (TPSA) is 112 Å².